The lowest BCUT2D eigenvalue weighted by Crippen LogP contribution is -2.49. The molecule has 0 spiro atoms. The van der Waals surface area contributed by atoms with Gasteiger partial charge in [-0.15, -0.1) is 0 Å². The predicted molar refractivity (Wildman–Crippen MR) is 89.6 cm³/mol. The zero-order chi connectivity index (χ0) is 14.2. The van der Waals surface area contributed by atoms with Gasteiger partial charge in [0.1, 0.15) is 0 Å². The van der Waals surface area contributed by atoms with Crippen LogP contribution in [0.3, 0.4) is 0 Å². The van der Waals surface area contributed by atoms with E-state index in [1.54, 1.807) is 0 Å². The van der Waals surface area contributed by atoms with Crippen LogP contribution in [-0.2, 0) is 6.42 Å². The highest BCUT2D eigenvalue weighted by Gasteiger charge is 2.31. The summed E-state index contributed by atoms with van der Waals surface area (Å²) < 4.78 is 1.14. The average molecular weight is 341 g/mol. The first kappa shape index (κ1) is 13.1. The Morgan fingerprint density at radius 3 is 2.95 bits per heavy atom. The van der Waals surface area contributed by atoms with E-state index in [1.165, 1.54) is 29.3 Å². The van der Waals surface area contributed by atoms with Crippen LogP contribution < -0.4 is 20.5 Å². The molecule has 0 fully saturated rings. The lowest BCUT2D eigenvalue weighted by atomic mass is 10.0. The van der Waals surface area contributed by atoms with Crippen molar-refractivity contribution in [2.45, 2.75) is 25.4 Å². The second-order valence-electron chi connectivity index (χ2n) is 5.65. The number of hydrogen-bond acceptors (Lipinski definition) is 2. The zero-order valence-corrected chi connectivity index (χ0v) is 13.4. The fourth-order valence-electron chi connectivity index (χ4n) is 3.35. The lowest BCUT2D eigenvalue weighted by molar-refractivity contribution is 0.537. The molecule has 0 amide bonds. The molecule has 2 aliphatic heterocycles. The summed E-state index contributed by atoms with van der Waals surface area (Å²) in [7, 11) is 0. The number of aryl methyl sites for hydroxylation is 1. The van der Waals surface area contributed by atoms with Gasteiger partial charge in [-0.05, 0) is 46.5 Å². The highest BCUT2D eigenvalue weighted by atomic mass is 79.9. The third-order valence-electron chi connectivity index (χ3n) is 4.36. The monoisotopic (exact) mass is 340 g/mol. The van der Waals surface area contributed by atoms with Gasteiger partial charge < -0.3 is 4.90 Å². The first-order valence-electron chi connectivity index (χ1n) is 7.50. The summed E-state index contributed by atoms with van der Waals surface area (Å²) in [5, 5.41) is 2.34. The summed E-state index contributed by atoms with van der Waals surface area (Å²) in [5.74, 6) is 0. The molecule has 1 radical (unpaired) electrons. The zero-order valence-electron chi connectivity index (χ0n) is 11.8. The van der Waals surface area contributed by atoms with E-state index in [-0.39, 0.29) is 6.17 Å². The van der Waals surface area contributed by atoms with Crippen molar-refractivity contribution in [1.82, 2.24) is 4.99 Å². The third kappa shape index (κ3) is 2.30. The Labute approximate surface area is 132 Å². The van der Waals surface area contributed by atoms with E-state index < -0.39 is 0 Å². The number of benzene rings is 2. The van der Waals surface area contributed by atoms with Gasteiger partial charge in [0.15, 0.2) is 0 Å². The summed E-state index contributed by atoms with van der Waals surface area (Å²) >= 11 is 3.62. The average Bonchev–Trinajstić information content (AvgIpc) is 2.54. The maximum atomic E-state index is 4.99. The van der Waals surface area contributed by atoms with Crippen LogP contribution >= 0.6 is 15.9 Å². The number of para-hydroxylation sites is 1. The Morgan fingerprint density at radius 2 is 2.00 bits per heavy atom. The number of anilines is 1. The molecule has 1 atom stereocenters. The third-order valence-corrected chi connectivity index (χ3v) is 5.05. The van der Waals surface area contributed by atoms with Crippen molar-refractivity contribution in [3.63, 3.8) is 0 Å². The molecule has 2 aromatic carbocycles. The minimum Gasteiger partial charge on any atom is -0.309 e. The van der Waals surface area contributed by atoms with Gasteiger partial charge in [-0.1, -0.05) is 30.3 Å². The van der Waals surface area contributed by atoms with Crippen LogP contribution in [0.2, 0.25) is 0 Å². The Morgan fingerprint density at radius 1 is 1.10 bits per heavy atom. The standard InChI is InChI=1S/C18H17BrN2/c19-15-7-3-8-16-14(15)10-11-18(20-16)21-12-4-6-13-5-1-2-9-17(13)21/h1-3,5,7-10,18H,4,6,11-12H2/q+1. The SMILES string of the molecule is Brc1cccc2c1=CCC(N1CCCc3ccccc31)[N+]=2. The fraction of sp³-hybridized carbons (Fsp3) is 0.278. The smallest absolute Gasteiger partial charge is 0.298 e. The summed E-state index contributed by atoms with van der Waals surface area (Å²) in [4.78, 5) is 7.46. The molecule has 21 heavy (non-hydrogen) atoms. The van der Waals surface area contributed by atoms with E-state index in [0.717, 1.165) is 22.8 Å². The van der Waals surface area contributed by atoms with E-state index in [0.29, 0.717) is 0 Å². The Hall–Kier alpha value is -1.61. The van der Waals surface area contributed by atoms with Crippen LogP contribution in [0.15, 0.2) is 46.9 Å². The molecule has 0 saturated carbocycles. The molecule has 2 heterocycles. The molecule has 0 saturated heterocycles. The molecule has 0 aromatic heterocycles. The number of nitrogens with zero attached hydrogens (tertiary/aromatic N) is 2. The Bertz CT molecular complexity index is 797. The Balaban J connectivity index is 1.77. The molecule has 2 aromatic rings. The van der Waals surface area contributed by atoms with E-state index in [9.17, 15) is 0 Å². The number of hydrogen-bond donors (Lipinski definition) is 0. The molecule has 1 unspecified atom stereocenters. The minimum absolute atomic E-state index is 0.230. The van der Waals surface area contributed by atoms with Crippen molar-refractivity contribution >= 4 is 27.7 Å². The summed E-state index contributed by atoms with van der Waals surface area (Å²) in [6.07, 6.45) is 5.92. The summed E-state index contributed by atoms with van der Waals surface area (Å²) in [6.45, 7) is 1.10. The molecule has 3 heteroatoms. The van der Waals surface area contributed by atoms with Crippen LogP contribution in [0.4, 0.5) is 5.69 Å². The van der Waals surface area contributed by atoms with Gasteiger partial charge in [-0.3, -0.25) is 0 Å². The first-order chi connectivity index (χ1) is 10.3. The van der Waals surface area contributed by atoms with Crippen molar-refractivity contribution < 1.29 is 0 Å². The highest BCUT2D eigenvalue weighted by Crippen LogP contribution is 2.28. The van der Waals surface area contributed by atoms with Crippen LogP contribution in [-0.4, -0.2) is 12.7 Å². The summed E-state index contributed by atoms with van der Waals surface area (Å²) in [5.41, 5.74) is 2.82. The van der Waals surface area contributed by atoms with Crippen molar-refractivity contribution in [2.75, 3.05) is 11.4 Å². The molecule has 105 valence electrons. The minimum atomic E-state index is 0.230. The molecule has 2 nitrogen and oxygen atoms in total. The van der Waals surface area contributed by atoms with Gasteiger partial charge >= 0.3 is 0 Å². The predicted octanol–water partition coefficient (Wildman–Crippen LogP) is 2.37. The molecule has 0 bridgehead atoms. The fourth-order valence-corrected chi connectivity index (χ4v) is 3.86. The van der Waals surface area contributed by atoms with Crippen LogP contribution in [0.5, 0.6) is 0 Å². The highest BCUT2D eigenvalue weighted by molar-refractivity contribution is 9.10. The van der Waals surface area contributed by atoms with E-state index in [1.807, 2.05) is 0 Å². The molecule has 0 N–H and O–H groups in total. The van der Waals surface area contributed by atoms with Gasteiger partial charge in [0.05, 0.1) is 16.6 Å². The van der Waals surface area contributed by atoms with Crippen LogP contribution in [0.1, 0.15) is 18.4 Å². The maximum Gasteiger partial charge on any atom is 0.298 e. The quantitative estimate of drug-likeness (QED) is 0.779. The van der Waals surface area contributed by atoms with Gasteiger partial charge in [0, 0.05) is 22.8 Å². The maximum absolute atomic E-state index is 4.99. The summed E-state index contributed by atoms with van der Waals surface area (Å²) in [6, 6.07) is 15.0. The van der Waals surface area contributed by atoms with Crippen LogP contribution in [0.25, 0.3) is 6.08 Å². The molecule has 2 aliphatic rings. The van der Waals surface area contributed by atoms with Crippen molar-refractivity contribution in [3.05, 3.63) is 63.1 Å². The van der Waals surface area contributed by atoms with Crippen molar-refractivity contribution in [3.8, 4) is 0 Å². The van der Waals surface area contributed by atoms with Crippen LogP contribution in [0, 0.1) is 0 Å². The normalized spacial score (nSPS) is 20.0. The Kier molecular flexibility index (Phi) is 3.30. The van der Waals surface area contributed by atoms with Gasteiger partial charge in [0.25, 0.3) is 11.5 Å². The number of rotatable bonds is 1. The number of fused-ring (bicyclic) bond motifs is 2. The van der Waals surface area contributed by atoms with Gasteiger partial charge in [-0.2, -0.15) is 0 Å². The topological polar surface area (TPSA) is 17.3 Å². The van der Waals surface area contributed by atoms with Gasteiger partial charge in [0.2, 0.25) is 0 Å². The van der Waals surface area contributed by atoms with Gasteiger partial charge in [-0.25, -0.2) is 0 Å². The van der Waals surface area contributed by atoms with Crippen molar-refractivity contribution in [1.29, 1.82) is 0 Å². The second-order valence-corrected chi connectivity index (χ2v) is 6.50. The molecule has 4 rings (SSSR count). The first-order valence-corrected chi connectivity index (χ1v) is 8.29. The van der Waals surface area contributed by atoms with Crippen molar-refractivity contribution in [2.24, 2.45) is 0 Å². The largest absolute Gasteiger partial charge is 0.309 e. The molecular weight excluding hydrogens is 324 g/mol. The van der Waals surface area contributed by atoms with E-state index >= 15 is 0 Å². The molecule has 0 aliphatic carbocycles. The molecular formula is C18H17BrN2+. The second kappa shape index (κ2) is 5.30. The lowest BCUT2D eigenvalue weighted by Gasteiger charge is -2.31. The number of halogens is 1. The van der Waals surface area contributed by atoms with E-state index in [4.69, 9.17) is 4.99 Å². The van der Waals surface area contributed by atoms with E-state index in [2.05, 4.69) is 69.4 Å².